The number of halogens is 4. The van der Waals surface area contributed by atoms with Gasteiger partial charge in [0.1, 0.15) is 23.2 Å². The summed E-state index contributed by atoms with van der Waals surface area (Å²) < 4.78 is 52.7. The third-order valence-electron chi connectivity index (χ3n) is 5.22. The van der Waals surface area contributed by atoms with Crippen LogP contribution in [0.4, 0.5) is 17.6 Å². The Balaban J connectivity index is 0. The lowest BCUT2D eigenvalue weighted by Crippen LogP contribution is -2.16. The van der Waals surface area contributed by atoms with Gasteiger partial charge in [-0.15, -0.1) is 0 Å². The average Bonchev–Trinajstić information content (AvgIpc) is 2.96. The van der Waals surface area contributed by atoms with Crippen molar-refractivity contribution in [2.75, 3.05) is 0 Å². The number of rotatable bonds is 3. The number of aromatic hydroxyl groups is 1. The average molecular weight is 587 g/mol. The third kappa shape index (κ3) is 14.7. The Morgan fingerprint density at radius 3 is 1.88 bits per heavy atom. The number of aromatic nitrogens is 2. The van der Waals surface area contributed by atoms with Crippen LogP contribution in [0.5, 0.6) is 5.75 Å². The molecule has 0 radical (unpaired) electrons. The molecule has 0 bridgehead atoms. The van der Waals surface area contributed by atoms with E-state index in [4.69, 9.17) is 5.11 Å². The Labute approximate surface area is 241 Å². The van der Waals surface area contributed by atoms with E-state index in [1.807, 2.05) is 41.5 Å². The van der Waals surface area contributed by atoms with Crippen molar-refractivity contribution in [3.05, 3.63) is 70.0 Å². The SMILES string of the molecule is CC.CC.CC.CC(C)F.O=C(O)C1CCCCC1.O=c1ncn(Cc2c(F)cc(F)cc2F)c2ccc(O)cc12. The first-order chi connectivity index (χ1) is 19.5. The molecule has 0 atom stereocenters. The molecule has 0 amide bonds. The summed E-state index contributed by atoms with van der Waals surface area (Å²) in [5.74, 6) is -3.81. The zero-order valence-electron chi connectivity index (χ0n) is 25.5. The van der Waals surface area contributed by atoms with E-state index in [1.165, 1.54) is 43.0 Å². The zero-order chi connectivity index (χ0) is 32.1. The van der Waals surface area contributed by atoms with Crippen LogP contribution in [-0.2, 0) is 11.3 Å². The van der Waals surface area contributed by atoms with Gasteiger partial charge in [-0.25, -0.2) is 17.6 Å². The molecule has 4 rings (SSSR count). The van der Waals surface area contributed by atoms with Crippen molar-refractivity contribution in [1.82, 2.24) is 9.55 Å². The Morgan fingerprint density at radius 2 is 1.44 bits per heavy atom. The van der Waals surface area contributed by atoms with Gasteiger partial charge in [0.05, 0.1) is 35.9 Å². The lowest BCUT2D eigenvalue weighted by Gasteiger charge is -2.16. The van der Waals surface area contributed by atoms with E-state index in [0.29, 0.717) is 17.6 Å². The maximum Gasteiger partial charge on any atom is 0.306 e. The van der Waals surface area contributed by atoms with E-state index >= 15 is 0 Å². The van der Waals surface area contributed by atoms with E-state index < -0.39 is 35.2 Å². The highest BCUT2D eigenvalue weighted by Gasteiger charge is 2.19. The van der Waals surface area contributed by atoms with Crippen LogP contribution in [0.15, 0.2) is 41.5 Å². The van der Waals surface area contributed by atoms with Gasteiger partial charge in [-0.05, 0) is 44.9 Å². The molecule has 0 unspecified atom stereocenters. The summed E-state index contributed by atoms with van der Waals surface area (Å²) in [6.45, 7) is 14.7. The normalized spacial score (nSPS) is 12.0. The van der Waals surface area contributed by atoms with E-state index in [9.17, 15) is 32.3 Å². The van der Waals surface area contributed by atoms with Crippen molar-refractivity contribution in [2.24, 2.45) is 5.92 Å². The second-order valence-corrected chi connectivity index (χ2v) is 8.41. The molecular formula is C31H46F4N2O4. The van der Waals surface area contributed by atoms with Crippen LogP contribution in [0.3, 0.4) is 0 Å². The van der Waals surface area contributed by atoms with Crippen molar-refractivity contribution in [3.63, 3.8) is 0 Å². The second kappa shape index (κ2) is 22.3. The molecule has 6 nitrogen and oxygen atoms in total. The summed E-state index contributed by atoms with van der Waals surface area (Å²) in [4.78, 5) is 25.6. The maximum atomic E-state index is 13.7. The summed E-state index contributed by atoms with van der Waals surface area (Å²) in [5.41, 5.74) is -0.565. The van der Waals surface area contributed by atoms with Crippen LogP contribution < -0.4 is 5.56 Å². The molecular weight excluding hydrogens is 540 g/mol. The largest absolute Gasteiger partial charge is 0.508 e. The van der Waals surface area contributed by atoms with Gasteiger partial charge in [0.25, 0.3) is 5.56 Å². The van der Waals surface area contributed by atoms with E-state index in [1.54, 1.807) is 0 Å². The van der Waals surface area contributed by atoms with E-state index in [2.05, 4.69) is 4.98 Å². The number of hydrogen-bond donors (Lipinski definition) is 2. The number of carboxylic acid groups (broad SMARTS) is 1. The van der Waals surface area contributed by atoms with Crippen LogP contribution in [0, 0.1) is 23.4 Å². The number of phenols is 1. The van der Waals surface area contributed by atoms with Gasteiger partial charge in [0.15, 0.2) is 0 Å². The Kier molecular flexibility index (Phi) is 21.6. The van der Waals surface area contributed by atoms with Crippen LogP contribution >= 0.6 is 0 Å². The highest BCUT2D eigenvalue weighted by atomic mass is 19.1. The fourth-order valence-corrected chi connectivity index (χ4v) is 3.57. The highest BCUT2D eigenvalue weighted by molar-refractivity contribution is 5.79. The van der Waals surface area contributed by atoms with Gasteiger partial charge in [-0.2, -0.15) is 4.98 Å². The molecule has 2 aromatic carbocycles. The van der Waals surface area contributed by atoms with Crippen molar-refractivity contribution >= 4 is 16.9 Å². The first-order valence-corrected chi connectivity index (χ1v) is 14.2. The minimum atomic E-state index is -1.02. The molecule has 10 heteroatoms. The van der Waals surface area contributed by atoms with Crippen molar-refractivity contribution in [2.45, 2.75) is 100 Å². The Morgan fingerprint density at radius 1 is 0.951 bits per heavy atom. The molecule has 0 spiro atoms. The Hall–Kier alpha value is -3.43. The van der Waals surface area contributed by atoms with Gasteiger partial charge in [-0.1, -0.05) is 60.8 Å². The smallest absolute Gasteiger partial charge is 0.306 e. The molecule has 2 N–H and O–H groups in total. The second-order valence-electron chi connectivity index (χ2n) is 8.41. The van der Waals surface area contributed by atoms with E-state index in [-0.39, 0.29) is 29.2 Å². The number of alkyl halides is 1. The van der Waals surface area contributed by atoms with Gasteiger partial charge >= 0.3 is 5.97 Å². The van der Waals surface area contributed by atoms with Crippen LogP contribution in [0.1, 0.15) is 93.1 Å². The number of phenolic OH excluding ortho intramolecular Hbond substituents is 1. The molecule has 1 aliphatic rings. The van der Waals surface area contributed by atoms with Gasteiger partial charge < -0.3 is 14.8 Å². The third-order valence-corrected chi connectivity index (χ3v) is 5.22. The molecule has 232 valence electrons. The van der Waals surface area contributed by atoms with Crippen LogP contribution in [0.25, 0.3) is 10.9 Å². The molecule has 0 saturated heterocycles. The minimum Gasteiger partial charge on any atom is -0.508 e. The number of aliphatic carboxylic acids is 1. The monoisotopic (exact) mass is 586 g/mol. The first kappa shape index (κ1) is 39.7. The summed E-state index contributed by atoms with van der Waals surface area (Å²) >= 11 is 0. The fraction of sp³-hybridized carbons (Fsp3) is 0.516. The summed E-state index contributed by atoms with van der Waals surface area (Å²) in [6.07, 6.45) is 5.71. The predicted molar refractivity (Wildman–Crippen MR) is 158 cm³/mol. The van der Waals surface area contributed by atoms with Crippen molar-refractivity contribution in [1.29, 1.82) is 0 Å². The molecule has 41 heavy (non-hydrogen) atoms. The quantitative estimate of drug-likeness (QED) is 0.300. The Bertz CT molecular complexity index is 1180. The topological polar surface area (TPSA) is 92.4 Å². The number of carbonyl (C=O) groups is 1. The molecule has 1 fully saturated rings. The molecule has 0 aliphatic heterocycles. The minimum absolute atomic E-state index is 0.0289. The number of benzene rings is 2. The zero-order valence-corrected chi connectivity index (χ0v) is 25.5. The van der Waals surface area contributed by atoms with Crippen molar-refractivity contribution < 1.29 is 32.6 Å². The number of nitrogens with zero attached hydrogens (tertiary/aromatic N) is 2. The van der Waals surface area contributed by atoms with Crippen LogP contribution in [0.2, 0.25) is 0 Å². The molecule has 1 aliphatic carbocycles. The van der Waals surface area contributed by atoms with Gasteiger partial charge in [0, 0.05) is 17.7 Å². The van der Waals surface area contributed by atoms with E-state index in [0.717, 1.165) is 32.0 Å². The maximum absolute atomic E-state index is 13.7. The number of hydrogen-bond acceptors (Lipinski definition) is 4. The number of fused-ring (bicyclic) bond motifs is 1. The molecule has 1 aromatic heterocycles. The van der Waals surface area contributed by atoms with Gasteiger partial charge in [0.2, 0.25) is 0 Å². The van der Waals surface area contributed by atoms with Gasteiger partial charge in [-0.3, -0.25) is 9.59 Å². The standard InChI is InChI=1S/C15H9F3N2O2.C7H12O2.C3H7F.3C2H6/c16-8-3-12(17)11(13(18)4-8)6-20-7-19-15(22)10-5-9(21)1-2-14(10)20;8-7(9)6-4-2-1-3-5-6;1-3(2)4;3*1-2/h1-5,7,21H,6H2;6H,1-5H2,(H,8,9);3H,1-2H3;3*1-2H3. The summed E-state index contributed by atoms with van der Waals surface area (Å²) in [6, 6.07) is 5.17. The molecule has 3 aromatic rings. The molecule has 1 heterocycles. The number of carboxylic acids is 1. The lowest BCUT2D eigenvalue weighted by molar-refractivity contribution is -0.142. The first-order valence-electron chi connectivity index (χ1n) is 14.2. The fourth-order valence-electron chi connectivity index (χ4n) is 3.57. The highest BCUT2D eigenvalue weighted by Crippen LogP contribution is 2.23. The van der Waals surface area contributed by atoms with Crippen molar-refractivity contribution in [3.8, 4) is 5.75 Å². The lowest BCUT2D eigenvalue weighted by atomic mass is 9.90. The molecule has 1 saturated carbocycles. The summed E-state index contributed by atoms with van der Waals surface area (Å²) in [5, 5.41) is 18.1. The van der Waals surface area contributed by atoms with Crippen LogP contribution in [-0.4, -0.2) is 31.9 Å². The predicted octanol–water partition coefficient (Wildman–Crippen LogP) is 8.66. The summed E-state index contributed by atoms with van der Waals surface area (Å²) in [7, 11) is 0.